The minimum absolute atomic E-state index is 0.0122. The van der Waals surface area contributed by atoms with Crippen LogP contribution in [-0.4, -0.2) is 34.3 Å². The van der Waals surface area contributed by atoms with Crippen molar-refractivity contribution >= 4 is 5.91 Å². The lowest BCUT2D eigenvalue weighted by atomic mass is 10.0. The molecular weight excluding hydrogens is 343 g/mol. The Morgan fingerprint density at radius 3 is 2.33 bits per heavy atom. The summed E-state index contributed by atoms with van der Waals surface area (Å²) in [5, 5.41) is 0. The highest BCUT2D eigenvalue weighted by Crippen LogP contribution is 2.23. The number of carbonyl (C=O) groups excluding carboxylic acids is 1. The van der Waals surface area contributed by atoms with Gasteiger partial charge in [0.2, 0.25) is 0 Å². The molecule has 0 spiro atoms. The van der Waals surface area contributed by atoms with Crippen molar-refractivity contribution in [3.05, 3.63) is 59.3 Å². The largest absolute Gasteiger partial charge is 0.455 e. The first-order valence-corrected chi connectivity index (χ1v) is 9.70. The van der Waals surface area contributed by atoms with Crippen molar-refractivity contribution in [3.8, 4) is 0 Å². The number of benzene rings is 1. The zero-order valence-corrected chi connectivity index (χ0v) is 16.5. The second-order valence-corrected chi connectivity index (χ2v) is 8.27. The maximum atomic E-state index is 13.2. The highest BCUT2D eigenvalue weighted by molar-refractivity contribution is 5.91. The second kappa shape index (κ2) is 8.26. The number of likely N-dealkylation sites (tertiary alicyclic amines) is 1. The van der Waals surface area contributed by atoms with Gasteiger partial charge in [0.1, 0.15) is 11.6 Å². The Hall–Kier alpha value is -2.14. The lowest BCUT2D eigenvalue weighted by Gasteiger charge is -2.35. The Kier molecular flexibility index (Phi) is 6.00. The quantitative estimate of drug-likeness (QED) is 0.753. The normalized spacial score (nSPS) is 15.4. The van der Waals surface area contributed by atoms with E-state index < -0.39 is 0 Å². The van der Waals surface area contributed by atoms with Gasteiger partial charge >= 0.3 is 0 Å². The molecule has 146 valence electrons. The summed E-state index contributed by atoms with van der Waals surface area (Å²) in [5.41, 5.74) is 0.945. The van der Waals surface area contributed by atoms with Crippen molar-refractivity contribution in [2.75, 3.05) is 13.1 Å². The molecule has 1 saturated heterocycles. The van der Waals surface area contributed by atoms with Crippen molar-refractivity contribution in [2.24, 2.45) is 0 Å². The van der Waals surface area contributed by atoms with E-state index in [1.165, 1.54) is 18.6 Å². The monoisotopic (exact) mass is 372 g/mol. The maximum absolute atomic E-state index is 13.2. The summed E-state index contributed by atoms with van der Waals surface area (Å²) in [7, 11) is 0. The Bertz CT molecular complexity index is 755. The summed E-state index contributed by atoms with van der Waals surface area (Å²) in [6.45, 7) is 9.31. The third-order valence-electron chi connectivity index (χ3n) is 5.10. The Morgan fingerprint density at radius 2 is 1.70 bits per heavy atom. The van der Waals surface area contributed by atoms with Gasteiger partial charge in [-0.05, 0) is 69.9 Å². The summed E-state index contributed by atoms with van der Waals surface area (Å²) in [5.74, 6) is 0.949. The average molecular weight is 372 g/mol. The molecule has 2 aromatic rings. The van der Waals surface area contributed by atoms with E-state index in [1.54, 1.807) is 6.07 Å². The fraction of sp³-hybridized carbons (Fsp3) is 0.500. The lowest BCUT2D eigenvalue weighted by Crippen LogP contribution is -2.40. The zero-order valence-electron chi connectivity index (χ0n) is 16.5. The van der Waals surface area contributed by atoms with Gasteiger partial charge in [0.15, 0.2) is 5.76 Å². The van der Waals surface area contributed by atoms with Crippen LogP contribution in [0.3, 0.4) is 0 Å². The molecule has 0 atom stereocenters. The molecule has 0 N–H and O–H groups in total. The van der Waals surface area contributed by atoms with Gasteiger partial charge in [-0.25, -0.2) is 4.39 Å². The van der Waals surface area contributed by atoms with Crippen LogP contribution in [0.25, 0.3) is 0 Å². The van der Waals surface area contributed by atoms with E-state index in [0.29, 0.717) is 18.8 Å². The van der Waals surface area contributed by atoms with Crippen LogP contribution in [0, 0.1) is 5.82 Å². The molecule has 1 aromatic carbocycles. The van der Waals surface area contributed by atoms with Crippen LogP contribution in [0.2, 0.25) is 0 Å². The van der Waals surface area contributed by atoms with E-state index in [0.717, 1.165) is 37.3 Å². The molecule has 0 saturated carbocycles. The number of halogens is 1. The highest BCUT2D eigenvalue weighted by atomic mass is 19.1. The molecular formula is C22H29FN2O2. The van der Waals surface area contributed by atoms with Gasteiger partial charge in [-0.15, -0.1) is 0 Å². The molecule has 3 rings (SSSR count). The predicted molar refractivity (Wildman–Crippen MR) is 104 cm³/mol. The van der Waals surface area contributed by atoms with Gasteiger partial charge in [0, 0.05) is 25.2 Å². The summed E-state index contributed by atoms with van der Waals surface area (Å²) in [6, 6.07) is 10.3. The first-order chi connectivity index (χ1) is 12.8. The first-order valence-electron chi connectivity index (χ1n) is 9.70. The smallest absolute Gasteiger partial charge is 0.289 e. The molecule has 1 aliphatic heterocycles. The van der Waals surface area contributed by atoms with E-state index in [1.807, 2.05) is 23.1 Å². The summed E-state index contributed by atoms with van der Waals surface area (Å²) >= 11 is 0. The summed E-state index contributed by atoms with van der Waals surface area (Å²) < 4.78 is 19.1. The molecule has 2 heterocycles. The van der Waals surface area contributed by atoms with Gasteiger partial charge in [0.05, 0.1) is 6.54 Å². The van der Waals surface area contributed by atoms with Crippen molar-refractivity contribution in [1.82, 2.24) is 9.80 Å². The molecule has 5 heteroatoms. The molecule has 0 bridgehead atoms. The Balaban J connectivity index is 1.69. The van der Waals surface area contributed by atoms with Gasteiger partial charge in [-0.3, -0.25) is 9.69 Å². The SMILES string of the molecule is CC(C)(C)N(Cc1ccc(F)cc1)Cc1ccc(C(=O)N2CCCCC2)o1. The van der Waals surface area contributed by atoms with Crippen molar-refractivity contribution in [3.63, 3.8) is 0 Å². The van der Waals surface area contributed by atoms with E-state index in [-0.39, 0.29) is 17.3 Å². The van der Waals surface area contributed by atoms with Crippen LogP contribution in [0.1, 0.15) is 61.9 Å². The molecule has 0 radical (unpaired) electrons. The number of hydrogen-bond donors (Lipinski definition) is 0. The van der Waals surface area contributed by atoms with Crippen molar-refractivity contribution in [2.45, 2.75) is 58.7 Å². The number of carbonyl (C=O) groups is 1. The average Bonchev–Trinajstić information content (AvgIpc) is 3.11. The summed E-state index contributed by atoms with van der Waals surface area (Å²) in [6.07, 6.45) is 3.32. The number of hydrogen-bond acceptors (Lipinski definition) is 3. The third kappa shape index (κ3) is 5.19. The molecule has 27 heavy (non-hydrogen) atoms. The number of nitrogens with zero attached hydrogens (tertiary/aromatic N) is 2. The third-order valence-corrected chi connectivity index (χ3v) is 5.10. The van der Waals surface area contributed by atoms with Gasteiger partial charge in [-0.1, -0.05) is 12.1 Å². The minimum atomic E-state index is -0.229. The fourth-order valence-electron chi connectivity index (χ4n) is 3.36. The van der Waals surface area contributed by atoms with Crippen LogP contribution in [0.15, 0.2) is 40.8 Å². The van der Waals surface area contributed by atoms with Crippen molar-refractivity contribution < 1.29 is 13.6 Å². The Morgan fingerprint density at radius 1 is 1.04 bits per heavy atom. The molecule has 1 aromatic heterocycles. The maximum Gasteiger partial charge on any atom is 0.289 e. The number of piperidine rings is 1. The fourth-order valence-corrected chi connectivity index (χ4v) is 3.36. The zero-order chi connectivity index (χ0) is 19.4. The lowest BCUT2D eigenvalue weighted by molar-refractivity contribution is 0.0682. The van der Waals surface area contributed by atoms with E-state index in [2.05, 4.69) is 25.7 Å². The number of amides is 1. The van der Waals surface area contributed by atoms with Gasteiger partial charge in [-0.2, -0.15) is 0 Å². The van der Waals surface area contributed by atoms with Crippen LogP contribution in [0.4, 0.5) is 4.39 Å². The molecule has 0 unspecified atom stereocenters. The van der Waals surface area contributed by atoms with Crippen LogP contribution in [0.5, 0.6) is 0 Å². The van der Waals surface area contributed by atoms with Crippen LogP contribution in [-0.2, 0) is 13.1 Å². The van der Waals surface area contributed by atoms with Crippen molar-refractivity contribution in [1.29, 1.82) is 0 Å². The first kappa shape index (κ1) is 19.6. The van der Waals surface area contributed by atoms with Gasteiger partial charge in [0.25, 0.3) is 5.91 Å². The standard InChI is InChI=1S/C22H29FN2O2/c1-22(2,3)25(15-17-7-9-18(23)10-8-17)16-19-11-12-20(27-19)21(26)24-13-5-4-6-14-24/h7-12H,4-6,13-16H2,1-3H3. The van der Waals surface area contributed by atoms with E-state index in [4.69, 9.17) is 4.42 Å². The van der Waals surface area contributed by atoms with Crippen LogP contribution >= 0.6 is 0 Å². The van der Waals surface area contributed by atoms with Gasteiger partial charge < -0.3 is 9.32 Å². The molecule has 1 aliphatic rings. The topological polar surface area (TPSA) is 36.7 Å². The highest BCUT2D eigenvalue weighted by Gasteiger charge is 2.25. The number of furan rings is 1. The minimum Gasteiger partial charge on any atom is -0.455 e. The predicted octanol–water partition coefficient (Wildman–Crippen LogP) is 4.85. The van der Waals surface area contributed by atoms with Crippen LogP contribution < -0.4 is 0 Å². The molecule has 4 nitrogen and oxygen atoms in total. The number of rotatable bonds is 5. The Labute approximate surface area is 161 Å². The summed E-state index contributed by atoms with van der Waals surface area (Å²) in [4.78, 5) is 16.7. The molecule has 1 fully saturated rings. The second-order valence-electron chi connectivity index (χ2n) is 8.27. The molecule has 1 amide bonds. The van der Waals surface area contributed by atoms with E-state index >= 15 is 0 Å². The molecule has 0 aliphatic carbocycles. The van der Waals surface area contributed by atoms with E-state index in [9.17, 15) is 9.18 Å².